The Balaban J connectivity index is 1.87. The number of fused-ring (bicyclic) bond motifs is 5. The second-order valence-corrected chi connectivity index (χ2v) is 8.27. The predicted molar refractivity (Wildman–Crippen MR) is 113 cm³/mol. The first kappa shape index (κ1) is 22.4. The maximum absolute atomic E-state index is 15.0. The molecule has 1 aliphatic carbocycles. The number of aromatic nitrogens is 1. The Morgan fingerprint density at radius 1 is 0.528 bits per heavy atom. The van der Waals surface area contributed by atoms with E-state index < -0.39 is 74.4 Å². The molecule has 180 valence electrons. The molecule has 0 aliphatic heterocycles. The summed E-state index contributed by atoms with van der Waals surface area (Å²) in [6.07, 6.45) is 0.296. The fourth-order valence-corrected chi connectivity index (χ4v) is 4.76. The maximum Gasteiger partial charge on any atom is 0.200 e. The second-order valence-electron chi connectivity index (χ2n) is 8.27. The summed E-state index contributed by atoms with van der Waals surface area (Å²) in [7, 11) is 0. The molecule has 1 nitrogen and oxygen atoms in total. The lowest BCUT2D eigenvalue weighted by molar-refractivity contribution is 0.381. The summed E-state index contributed by atoms with van der Waals surface area (Å²) in [5.74, 6) is -20.5. The summed E-state index contributed by atoms with van der Waals surface area (Å²) >= 11 is 0. The van der Waals surface area contributed by atoms with Gasteiger partial charge < -0.3 is 0 Å². The molecule has 0 N–H and O–H groups in total. The Morgan fingerprint density at radius 2 is 1.11 bits per heavy atom. The summed E-state index contributed by atoms with van der Waals surface area (Å²) < 4.78 is 130. The van der Waals surface area contributed by atoms with E-state index in [-0.39, 0.29) is 10.9 Å². The number of benzene rings is 4. The van der Waals surface area contributed by atoms with E-state index in [1.54, 1.807) is 24.3 Å². The zero-order valence-electron chi connectivity index (χ0n) is 17.5. The van der Waals surface area contributed by atoms with Crippen molar-refractivity contribution in [1.29, 1.82) is 0 Å². The zero-order chi connectivity index (χ0) is 25.6. The van der Waals surface area contributed by atoms with Gasteiger partial charge in [-0.05, 0) is 40.8 Å². The average molecular weight is 505 g/mol. The van der Waals surface area contributed by atoms with Gasteiger partial charge in [0.15, 0.2) is 46.5 Å². The molecule has 1 heterocycles. The third-order valence-corrected chi connectivity index (χ3v) is 6.36. The van der Waals surface area contributed by atoms with Crippen molar-refractivity contribution in [3.63, 3.8) is 0 Å². The highest BCUT2D eigenvalue weighted by Gasteiger charge is 2.33. The van der Waals surface area contributed by atoms with Crippen LogP contribution in [0.15, 0.2) is 36.4 Å². The van der Waals surface area contributed by atoms with Crippen molar-refractivity contribution in [1.82, 2.24) is 4.98 Å². The van der Waals surface area contributed by atoms with Crippen LogP contribution in [-0.4, -0.2) is 4.98 Å². The molecule has 0 bridgehead atoms. The molecule has 1 aliphatic rings. The van der Waals surface area contributed by atoms with E-state index in [4.69, 9.17) is 0 Å². The number of rotatable bonds is 1. The predicted octanol–water partition coefficient (Wildman–Crippen LogP) is 7.88. The van der Waals surface area contributed by atoms with Gasteiger partial charge in [-0.25, -0.2) is 44.5 Å². The van der Waals surface area contributed by atoms with Crippen LogP contribution in [0, 0.1) is 52.4 Å². The summed E-state index contributed by atoms with van der Waals surface area (Å²) in [6, 6.07) is 9.67. The number of pyridine rings is 1. The Kier molecular flexibility index (Phi) is 4.64. The molecule has 5 aromatic rings. The Hall–Kier alpha value is -4.08. The monoisotopic (exact) mass is 505 g/mol. The van der Waals surface area contributed by atoms with Gasteiger partial charge in [-0.2, -0.15) is 0 Å². The molecule has 4 aromatic carbocycles. The summed E-state index contributed by atoms with van der Waals surface area (Å²) in [4.78, 5) is 3.87. The van der Waals surface area contributed by atoms with Crippen LogP contribution in [0.3, 0.4) is 0 Å². The lowest BCUT2D eigenvalue weighted by atomic mass is 9.92. The van der Waals surface area contributed by atoms with E-state index in [0.29, 0.717) is 17.5 Å². The van der Waals surface area contributed by atoms with Crippen LogP contribution in [-0.2, 0) is 6.42 Å². The largest absolute Gasteiger partial charge is 0.244 e. The van der Waals surface area contributed by atoms with E-state index in [1.165, 1.54) is 12.1 Å². The minimum atomic E-state index is -2.48. The average Bonchev–Trinajstić information content (AvgIpc) is 3.24. The van der Waals surface area contributed by atoms with Crippen molar-refractivity contribution in [2.24, 2.45) is 0 Å². The standard InChI is InChI=1S/C26H8F9N/c27-17-15(18(28)21(31)23(33)20(17)30)14-12-6-9-5-8-3-1-2-4-10(8)11(9)7-13(12)36-26-16(14)19(29)22(32)24(34)25(26)35/h1-4,6-7H,5H2. The van der Waals surface area contributed by atoms with Crippen LogP contribution in [0.1, 0.15) is 11.1 Å². The zero-order valence-corrected chi connectivity index (χ0v) is 17.5. The van der Waals surface area contributed by atoms with Gasteiger partial charge in [0.1, 0.15) is 5.52 Å². The van der Waals surface area contributed by atoms with E-state index in [1.807, 2.05) is 0 Å². The first-order valence-electron chi connectivity index (χ1n) is 10.3. The van der Waals surface area contributed by atoms with Crippen molar-refractivity contribution >= 4 is 21.8 Å². The third kappa shape index (κ3) is 2.78. The van der Waals surface area contributed by atoms with Crippen molar-refractivity contribution in [3.05, 3.63) is 99.9 Å². The van der Waals surface area contributed by atoms with Crippen LogP contribution < -0.4 is 0 Å². The van der Waals surface area contributed by atoms with Crippen molar-refractivity contribution < 1.29 is 39.5 Å². The highest BCUT2D eigenvalue weighted by molar-refractivity contribution is 6.11. The molecule has 1 aromatic heterocycles. The Labute approximate surface area is 195 Å². The molecule has 10 heteroatoms. The molecular weight excluding hydrogens is 497 g/mol. The van der Waals surface area contributed by atoms with Gasteiger partial charge in [0.2, 0.25) is 5.82 Å². The molecule has 36 heavy (non-hydrogen) atoms. The smallest absolute Gasteiger partial charge is 0.200 e. The molecular formula is C26H8F9N. The Bertz CT molecular complexity index is 1780. The fraction of sp³-hybridized carbons (Fsp3) is 0.0385. The molecule has 0 amide bonds. The van der Waals surface area contributed by atoms with Gasteiger partial charge in [-0.3, -0.25) is 0 Å². The highest BCUT2D eigenvalue weighted by Crippen LogP contribution is 2.45. The number of hydrogen-bond acceptors (Lipinski definition) is 1. The first-order chi connectivity index (χ1) is 17.1. The van der Waals surface area contributed by atoms with Gasteiger partial charge in [0.05, 0.1) is 16.5 Å². The molecule has 0 spiro atoms. The van der Waals surface area contributed by atoms with Crippen LogP contribution in [0.25, 0.3) is 44.1 Å². The summed E-state index contributed by atoms with van der Waals surface area (Å²) in [5.41, 5.74) is -1.44. The second kappa shape index (κ2) is 7.46. The minimum absolute atomic E-state index is 0.263. The molecule has 6 rings (SSSR count). The molecule has 0 fully saturated rings. The maximum atomic E-state index is 15.0. The number of halogens is 9. The van der Waals surface area contributed by atoms with Gasteiger partial charge in [0.25, 0.3) is 0 Å². The lowest BCUT2D eigenvalue weighted by Crippen LogP contribution is -2.07. The summed E-state index contributed by atoms with van der Waals surface area (Å²) in [5, 5.41) is -1.61. The molecule has 0 atom stereocenters. The van der Waals surface area contributed by atoms with E-state index in [0.717, 1.165) is 11.1 Å². The van der Waals surface area contributed by atoms with Crippen LogP contribution >= 0.6 is 0 Å². The van der Waals surface area contributed by atoms with Crippen LogP contribution in [0.2, 0.25) is 0 Å². The van der Waals surface area contributed by atoms with E-state index >= 15 is 4.39 Å². The van der Waals surface area contributed by atoms with E-state index in [9.17, 15) is 35.1 Å². The van der Waals surface area contributed by atoms with E-state index in [2.05, 4.69) is 4.98 Å². The molecule has 0 saturated heterocycles. The quantitative estimate of drug-likeness (QED) is 0.0959. The SMILES string of the molecule is Fc1c(F)c(F)c(-c2c3cc4c(cc3nc3c(F)c(F)c(F)c(F)c23)-c2ccccc2C4)c(F)c1F. The van der Waals surface area contributed by atoms with Crippen LogP contribution in [0.4, 0.5) is 39.5 Å². The van der Waals surface area contributed by atoms with Gasteiger partial charge in [-0.1, -0.05) is 24.3 Å². The molecule has 0 radical (unpaired) electrons. The third-order valence-electron chi connectivity index (χ3n) is 6.36. The normalized spacial score (nSPS) is 12.5. The lowest BCUT2D eigenvalue weighted by Gasteiger charge is -2.16. The Morgan fingerprint density at radius 3 is 1.81 bits per heavy atom. The molecule has 0 unspecified atom stereocenters. The number of nitrogens with zero attached hydrogens (tertiary/aromatic N) is 1. The van der Waals surface area contributed by atoms with Crippen molar-refractivity contribution in [2.75, 3.05) is 0 Å². The molecule has 0 saturated carbocycles. The van der Waals surface area contributed by atoms with Crippen molar-refractivity contribution in [2.45, 2.75) is 6.42 Å². The van der Waals surface area contributed by atoms with Crippen molar-refractivity contribution in [3.8, 4) is 22.3 Å². The van der Waals surface area contributed by atoms with Gasteiger partial charge in [0, 0.05) is 10.9 Å². The highest BCUT2D eigenvalue weighted by atomic mass is 19.2. The summed E-state index contributed by atoms with van der Waals surface area (Å²) in [6.45, 7) is 0. The topological polar surface area (TPSA) is 12.9 Å². The van der Waals surface area contributed by atoms with Gasteiger partial charge >= 0.3 is 0 Å². The fourth-order valence-electron chi connectivity index (χ4n) is 4.76. The van der Waals surface area contributed by atoms with Crippen LogP contribution in [0.5, 0.6) is 0 Å². The minimum Gasteiger partial charge on any atom is -0.244 e. The first-order valence-corrected chi connectivity index (χ1v) is 10.3. The van der Waals surface area contributed by atoms with Gasteiger partial charge in [-0.15, -0.1) is 0 Å². The number of hydrogen-bond donors (Lipinski definition) is 0.